The number of amides is 2. The van der Waals surface area contributed by atoms with E-state index >= 15 is 0 Å². The smallest absolute Gasteiger partial charge is 0.259 e. The van der Waals surface area contributed by atoms with E-state index in [4.69, 9.17) is 0 Å². The van der Waals surface area contributed by atoms with Gasteiger partial charge in [-0.05, 0) is 24.1 Å². The predicted octanol–water partition coefficient (Wildman–Crippen LogP) is -0.805. The number of carbonyl (C=O) groups is 2. The van der Waals surface area contributed by atoms with E-state index in [9.17, 15) is 9.59 Å². The lowest BCUT2D eigenvalue weighted by atomic mass is 10.0. The first-order chi connectivity index (χ1) is 15.7. The van der Waals surface area contributed by atoms with Crippen LogP contribution in [0.25, 0.3) is 0 Å². The summed E-state index contributed by atoms with van der Waals surface area (Å²) in [6, 6.07) is 5.83. The molecule has 1 aromatic rings. The Morgan fingerprint density at radius 2 is 2.03 bits per heavy atom. The SMILES string of the molecule is O=C(NCCNC(=O)c1cccc2c1CCN2)C1=CN(C2NCN=C3NCNC32)CCS1. The Hall–Kier alpha value is -2.76. The third kappa shape index (κ3) is 4.27. The first kappa shape index (κ1) is 21.1. The second-order valence-electron chi connectivity index (χ2n) is 7.99. The molecule has 170 valence electrons. The van der Waals surface area contributed by atoms with Gasteiger partial charge in [-0.1, -0.05) is 6.07 Å². The molecule has 2 amide bonds. The Bertz CT molecular complexity index is 965. The molecule has 0 saturated carbocycles. The van der Waals surface area contributed by atoms with Gasteiger partial charge in [0.2, 0.25) is 0 Å². The van der Waals surface area contributed by atoms with Gasteiger partial charge in [-0.2, -0.15) is 0 Å². The Labute approximate surface area is 191 Å². The van der Waals surface area contributed by atoms with Crippen LogP contribution in [0.15, 0.2) is 34.3 Å². The highest BCUT2D eigenvalue weighted by molar-refractivity contribution is 8.04. The van der Waals surface area contributed by atoms with Crippen molar-refractivity contribution in [1.29, 1.82) is 0 Å². The van der Waals surface area contributed by atoms with Crippen molar-refractivity contribution in [1.82, 2.24) is 31.5 Å². The normalized spacial score (nSPS) is 23.8. The molecule has 5 rings (SSSR count). The molecule has 6 N–H and O–H groups in total. The molecule has 4 aliphatic heterocycles. The van der Waals surface area contributed by atoms with Crippen LogP contribution in [0.4, 0.5) is 5.69 Å². The fraction of sp³-hybridized carbons (Fsp3) is 0.476. The lowest BCUT2D eigenvalue weighted by Crippen LogP contribution is -2.60. The second-order valence-corrected chi connectivity index (χ2v) is 9.12. The number of rotatable bonds is 6. The summed E-state index contributed by atoms with van der Waals surface area (Å²) in [6.45, 7) is 3.74. The zero-order chi connectivity index (χ0) is 21.9. The molecule has 0 aliphatic carbocycles. The molecule has 2 atom stereocenters. The van der Waals surface area contributed by atoms with E-state index in [1.54, 1.807) is 11.8 Å². The molecule has 0 spiro atoms. The number of fused-ring (bicyclic) bond motifs is 2. The molecule has 1 saturated heterocycles. The van der Waals surface area contributed by atoms with E-state index in [0.29, 0.717) is 36.9 Å². The molecule has 0 radical (unpaired) electrons. The highest BCUT2D eigenvalue weighted by Crippen LogP contribution is 2.26. The maximum absolute atomic E-state index is 12.7. The number of benzene rings is 1. The van der Waals surface area contributed by atoms with E-state index < -0.39 is 0 Å². The fourth-order valence-electron chi connectivity index (χ4n) is 4.47. The van der Waals surface area contributed by atoms with Gasteiger partial charge in [-0.25, -0.2) is 0 Å². The molecule has 4 aliphatic rings. The van der Waals surface area contributed by atoms with Gasteiger partial charge in [0.15, 0.2) is 0 Å². The molecule has 11 heteroatoms. The topological polar surface area (TPSA) is 122 Å². The summed E-state index contributed by atoms with van der Waals surface area (Å²) in [7, 11) is 0. The Balaban J connectivity index is 1.12. The summed E-state index contributed by atoms with van der Waals surface area (Å²) in [5.41, 5.74) is 2.80. The van der Waals surface area contributed by atoms with Crippen LogP contribution in [0.2, 0.25) is 0 Å². The van der Waals surface area contributed by atoms with Gasteiger partial charge < -0.3 is 26.2 Å². The number of carbonyl (C=O) groups excluding carboxylic acids is 2. The van der Waals surface area contributed by atoms with Gasteiger partial charge in [0, 0.05) is 49.4 Å². The molecular formula is C21H28N8O2S. The summed E-state index contributed by atoms with van der Waals surface area (Å²) in [5, 5.41) is 19.2. The molecule has 0 bridgehead atoms. The van der Waals surface area contributed by atoms with Crippen molar-refractivity contribution in [2.75, 3.05) is 50.6 Å². The Morgan fingerprint density at radius 1 is 1.16 bits per heavy atom. The van der Waals surface area contributed by atoms with Crippen LogP contribution < -0.4 is 31.9 Å². The Kier molecular flexibility index (Phi) is 6.19. The standard InChI is InChI=1S/C21H28N8O2S/c30-20(14-2-1-3-15-13(14)4-5-22-15)23-6-7-24-21(31)16-10-29(8-9-32-16)19-17-18(26-11-25-17)27-12-28-19/h1-3,10,17,19,22,25,28H,4-9,11-12H2,(H,23,30)(H,24,31)(H,26,27). The highest BCUT2D eigenvalue weighted by Gasteiger charge is 2.36. The average molecular weight is 457 g/mol. The highest BCUT2D eigenvalue weighted by atomic mass is 32.2. The van der Waals surface area contributed by atoms with Gasteiger partial charge in [0.05, 0.1) is 18.2 Å². The van der Waals surface area contributed by atoms with Crippen molar-refractivity contribution in [3.63, 3.8) is 0 Å². The third-order valence-electron chi connectivity index (χ3n) is 6.03. The van der Waals surface area contributed by atoms with Crippen molar-refractivity contribution in [3.8, 4) is 0 Å². The molecule has 1 fully saturated rings. The fourth-order valence-corrected chi connectivity index (χ4v) is 5.41. The maximum Gasteiger partial charge on any atom is 0.259 e. The van der Waals surface area contributed by atoms with E-state index in [1.165, 1.54) is 0 Å². The molecule has 4 heterocycles. The van der Waals surface area contributed by atoms with E-state index in [0.717, 1.165) is 42.3 Å². The second kappa shape index (κ2) is 9.39. The van der Waals surface area contributed by atoms with Crippen LogP contribution >= 0.6 is 11.8 Å². The Morgan fingerprint density at radius 3 is 2.94 bits per heavy atom. The van der Waals surface area contributed by atoms with Gasteiger partial charge in [-0.15, -0.1) is 11.8 Å². The van der Waals surface area contributed by atoms with Crippen molar-refractivity contribution in [3.05, 3.63) is 40.4 Å². The molecule has 10 nitrogen and oxygen atoms in total. The minimum absolute atomic E-state index is 0.0579. The lowest BCUT2D eigenvalue weighted by molar-refractivity contribution is -0.116. The summed E-state index contributed by atoms with van der Waals surface area (Å²) < 4.78 is 0. The summed E-state index contributed by atoms with van der Waals surface area (Å²) >= 11 is 1.56. The zero-order valence-electron chi connectivity index (χ0n) is 17.7. The number of nitrogens with one attached hydrogen (secondary N) is 6. The number of amidine groups is 1. The molecule has 32 heavy (non-hydrogen) atoms. The lowest BCUT2D eigenvalue weighted by Gasteiger charge is -2.39. The van der Waals surface area contributed by atoms with Crippen LogP contribution in [0.5, 0.6) is 0 Å². The maximum atomic E-state index is 12.7. The molecule has 1 aromatic carbocycles. The van der Waals surface area contributed by atoms with Crippen molar-refractivity contribution in [2.45, 2.75) is 18.6 Å². The van der Waals surface area contributed by atoms with Gasteiger partial charge in [-0.3, -0.25) is 25.2 Å². The summed E-state index contributed by atoms with van der Waals surface area (Å²) in [5.74, 6) is 1.60. The van der Waals surface area contributed by atoms with Crippen LogP contribution in [0.1, 0.15) is 15.9 Å². The van der Waals surface area contributed by atoms with Crippen LogP contribution in [-0.4, -0.2) is 80.0 Å². The monoisotopic (exact) mass is 456 g/mol. The molecule has 2 unspecified atom stereocenters. The molecular weight excluding hydrogens is 428 g/mol. The van der Waals surface area contributed by atoms with E-state index in [-0.39, 0.29) is 24.0 Å². The number of hydrogen-bond acceptors (Lipinski definition) is 9. The zero-order valence-corrected chi connectivity index (χ0v) is 18.6. The van der Waals surface area contributed by atoms with Crippen molar-refractivity contribution >= 4 is 35.1 Å². The molecule has 0 aromatic heterocycles. The minimum Gasteiger partial charge on any atom is -0.384 e. The first-order valence-electron chi connectivity index (χ1n) is 11.0. The number of aliphatic imine (C=N–C) groups is 1. The van der Waals surface area contributed by atoms with Crippen LogP contribution in [0.3, 0.4) is 0 Å². The van der Waals surface area contributed by atoms with Gasteiger partial charge in [0.1, 0.15) is 18.0 Å². The van der Waals surface area contributed by atoms with Gasteiger partial charge >= 0.3 is 0 Å². The predicted molar refractivity (Wildman–Crippen MR) is 125 cm³/mol. The summed E-state index contributed by atoms with van der Waals surface area (Å²) in [4.78, 5) is 32.6. The summed E-state index contributed by atoms with van der Waals surface area (Å²) in [6.07, 6.45) is 2.85. The largest absolute Gasteiger partial charge is 0.384 e. The third-order valence-corrected chi connectivity index (χ3v) is 7.02. The number of nitrogens with zero attached hydrogens (tertiary/aromatic N) is 2. The number of thioether (sulfide) groups is 1. The van der Waals surface area contributed by atoms with Crippen molar-refractivity contribution < 1.29 is 9.59 Å². The number of hydrogen-bond donors (Lipinski definition) is 6. The van der Waals surface area contributed by atoms with Crippen LogP contribution in [0, 0.1) is 0 Å². The number of anilines is 1. The average Bonchev–Trinajstić information content (AvgIpc) is 3.50. The minimum atomic E-state index is -0.110. The van der Waals surface area contributed by atoms with E-state index in [1.807, 2.05) is 24.4 Å². The van der Waals surface area contributed by atoms with Crippen molar-refractivity contribution in [2.24, 2.45) is 4.99 Å². The quantitative estimate of drug-likeness (QED) is 0.308. The van der Waals surface area contributed by atoms with Crippen LogP contribution in [-0.2, 0) is 11.2 Å². The first-order valence-corrected chi connectivity index (χ1v) is 12.0. The van der Waals surface area contributed by atoms with Gasteiger partial charge in [0.25, 0.3) is 11.8 Å². The van der Waals surface area contributed by atoms with E-state index in [2.05, 4.69) is 41.8 Å².